The molecule has 0 aliphatic heterocycles. The number of likely N-dealkylation sites (N-methyl/N-ethyl adjacent to an activating group) is 1. The molecule has 6 nitrogen and oxygen atoms in total. The van der Waals surface area contributed by atoms with Gasteiger partial charge < -0.3 is 14.4 Å². The fourth-order valence-corrected chi connectivity index (χ4v) is 2.06. The lowest BCUT2D eigenvalue weighted by molar-refractivity contribution is -0.137. The van der Waals surface area contributed by atoms with Crippen LogP contribution in [0.25, 0.3) is 0 Å². The normalized spacial score (nSPS) is 13.3. The molecule has 1 atom stereocenters. The number of aliphatic hydroxyl groups is 1. The zero-order valence-electron chi connectivity index (χ0n) is 13.2. The van der Waals surface area contributed by atoms with Crippen LogP contribution in [0.5, 0.6) is 5.75 Å². The number of halogens is 3. The lowest BCUT2D eigenvalue weighted by Gasteiger charge is -2.19. The van der Waals surface area contributed by atoms with Gasteiger partial charge in [-0.25, -0.2) is 0 Å². The number of benzene rings is 1. The van der Waals surface area contributed by atoms with Gasteiger partial charge in [0.2, 0.25) is 5.89 Å². The summed E-state index contributed by atoms with van der Waals surface area (Å²) in [5.74, 6) is 1.23. The Kier molecular flexibility index (Phi) is 5.79. The molecule has 0 spiro atoms. The van der Waals surface area contributed by atoms with Crippen molar-refractivity contribution in [3.05, 3.63) is 41.5 Å². The van der Waals surface area contributed by atoms with Gasteiger partial charge in [-0.1, -0.05) is 5.16 Å². The molecule has 132 valence electrons. The Balaban J connectivity index is 1.77. The van der Waals surface area contributed by atoms with Gasteiger partial charge in [0.05, 0.1) is 12.1 Å². The maximum absolute atomic E-state index is 12.5. The summed E-state index contributed by atoms with van der Waals surface area (Å²) in [7, 11) is 1.77. The average Bonchev–Trinajstić information content (AvgIpc) is 2.89. The van der Waals surface area contributed by atoms with Crippen molar-refractivity contribution >= 4 is 0 Å². The highest BCUT2D eigenvalue weighted by atomic mass is 19.4. The van der Waals surface area contributed by atoms with Crippen LogP contribution in [-0.4, -0.2) is 46.5 Å². The zero-order chi connectivity index (χ0) is 17.7. The van der Waals surface area contributed by atoms with Crippen molar-refractivity contribution in [3.8, 4) is 5.75 Å². The van der Waals surface area contributed by atoms with Crippen LogP contribution in [0.15, 0.2) is 28.8 Å². The third kappa shape index (κ3) is 5.50. The SMILES string of the molecule is Cc1nc(CN(C)CC(O)COc2ccc(C(F)(F)F)cc2)no1. The lowest BCUT2D eigenvalue weighted by Crippen LogP contribution is -2.33. The Hall–Kier alpha value is -2.13. The van der Waals surface area contributed by atoms with E-state index in [0.29, 0.717) is 18.3 Å². The van der Waals surface area contributed by atoms with Crippen LogP contribution in [-0.2, 0) is 12.7 Å². The molecule has 2 rings (SSSR count). The standard InChI is InChI=1S/C15H18F3N3O3/c1-10-19-14(20-24-10)8-21(2)7-12(22)9-23-13-5-3-11(4-6-13)15(16,17)18/h3-6,12,22H,7-9H2,1-2H3. The molecular weight excluding hydrogens is 327 g/mol. The predicted molar refractivity (Wildman–Crippen MR) is 78.3 cm³/mol. The summed E-state index contributed by atoms with van der Waals surface area (Å²) in [6.45, 7) is 2.33. The Morgan fingerprint density at radius 1 is 1.29 bits per heavy atom. The highest BCUT2D eigenvalue weighted by Gasteiger charge is 2.30. The number of aryl methyl sites for hydroxylation is 1. The molecular formula is C15H18F3N3O3. The zero-order valence-corrected chi connectivity index (χ0v) is 13.2. The molecule has 0 aliphatic carbocycles. The van der Waals surface area contributed by atoms with Gasteiger partial charge in [0.1, 0.15) is 18.5 Å². The Morgan fingerprint density at radius 2 is 1.96 bits per heavy atom. The monoisotopic (exact) mass is 345 g/mol. The van der Waals surface area contributed by atoms with Gasteiger partial charge >= 0.3 is 6.18 Å². The van der Waals surface area contributed by atoms with E-state index in [0.717, 1.165) is 12.1 Å². The van der Waals surface area contributed by atoms with Crippen LogP contribution >= 0.6 is 0 Å². The number of aliphatic hydroxyl groups excluding tert-OH is 1. The van der Waals surface area contributed by atoms with E-state index in [1.807, 2.05) is 0 Å². The number of hydrogen-bond donors (Lipinski definition) is 1. The first-order valence-corrected chi connectivity index (χ1v) is 7.20. The van der Waals surface area contributed by atoms with E-state index >= 15 is 0 Å². The molecule has 1 aromatic carbocycles. The van der Waals surface area contributed by atoms with Crippen molar-refractivity contribution < 1.29 is 27.5 Å². The summed E-state index contributed by atoms with van der Waals surface area (Å²) < 4.78 is 47.5. The van der Waals surface area contributed by atoms with E-state index in [1.165, 1.54) is 12.1 Å². The van der Waals surface area contributed by atoms with Crippen LogP contribution < -0.4 is 4.74 Å². The highest BCUT2D eigenvalue weighted by molar-refractivity contribution is 5.28. The second-order valence-electron chi connectivity index (χ2n) is 5.41. The molecule has 2 aromatic rings. The van der Waals surface area contributed by atoms with Crippen LogP contribution in [0.4, 0.5) is 13.2 Å². The first-order valence-electron chi connectivity index (χ1n) is 7.20. The van der Waals surface area contributed by atoms with Crippen LogP contribution in [0, 0.1) is 6.92 Å². The van der Waals surface area contributed by atoms with Gasteiger partial charge in [-0.05, 0) is 31.3 Å². The van der Waals surface area contributed by atoms with E-state index in [-0.39, 0.29) is 18.9 Å². The minimum atomic E-state index is -4.38. The van der Waals surface area contributed by atoms with E-state index in [2.05, 4.69) is 10.1 Å². The lowest BCUT2D eigenvalue weighted by atomic mass is 10.2. The number of ether oxygens (including phenoxy) is 1. The summed E-state index contributed by atoms with van der Waals surface area (Å²) in [4.78, 5) is 5.84. The summed E-state index contributed by atoms with van der Waals surface area (Å²) >= 11 is 0. The van der Waals surface area contributed by atoms with Gasteiger partial charge in [0.25, 0.3) is 0 Å². The minimum absolute atomic E-state index is 0.0407. The fourth-order valence-electron chi connectivity index (χ4n) is 2.06. The molecule has 1 unspecified atom stereocenters. The summed E-state index contributed by atoms with van der Waals surface area (Å²) in [6, 6.07) is 4.32. The summed E-state index contributed by atoms with van der Waals surface area (Å²) in [5.41, 5.74) is -0.745. The highest BCUT2D eigenvalue weighted by Crippen LogP contribution is 2.30. The Morgan fingerprint density at radius 3 is 2.50 bits per heavy atom. The third-order valence-corrected chi connectivity index (χ3v) is 3.13. The number of nitrogens with zero attached hydrogens (tertiary/aromatic N) is 3. The van der Waals surface area contributed by atoms with E-state index in [4.69, 9.17) is 9.26 Å². The second kappa shape index (κ2) is 7.63. The molecule has 9 heteroatoms. The Bertz CT molecular complexity index is 643. The topological polar surface area (TPSA) is 71.6 Å². The number of aromatic nitrogens is 2. The van der Waals surface area contributed by atoms with E-state index in [1.54, 1.807) is 18.9 Å². The molecule has 1 aromatic heterocycles. The first kappa shape index (κ1) is 18.2. The van der Waals surface area contributed by atoms with Gasteiger partial charge in [-0.2, -0.15) is 18.2 Å². The summed E-state index contributed by atoms with van der Waals surface area (Å²) in [5, 5.41) is 13.7. The number of hydrogen-bond acceptors (Lipinski definition) is 6. The maximum Gasteiger partial charge on any atom is 0.416 e. The molecule has 1 heterocycles. The Labute approximate surface area is 136 Å². The molecule has 0 radical (unpaired) electrons. The van der Waals surface area contributed by atoms with Gasteiger partial charge in [0.15, 0.2) is 5.82 Å². The number of alkyl halides is 3. The van der Waals surface area contributed by atoms with E-state index < -0.39 is 17.8 Å². The molecule has 0 fully saturated rings. The van der Waals surface area contributed by atoms with Crippen molar-refractivity contribution in [2.45, 2.75) is 25.7 Å². The van der Waals surface area contributed by atoms with Crippen molar-refractivity contribution in [2.75, 3.05) is 20.2 Å². The minimum Gasteiger partial charge on any atom is -0.491 e. The van der Waals surface area contributed by atoms with Crippen molar-refractivity contribution in [1.82, 2.24) is 15.0 Å². The molecule has 0 aliphatic rings. The predicted octanol–water partition coefficient (Wildman–Crippen LogP) is 2.27. The molecule has 1 N–H and O–H groups in total. The second-order valence-corrected chi connectivity index (χ2v) is 5.41. The maximum atomic E-state index is 12.5. The smallest absolute Gasteiger partial charge is 0.416 e. The third-order valence-electron chi connectivity index (χ3n) is 3.13. The van der Waals surface area contributed by atoms with Crippen LogP contribution in [0.3, 0.4) is 0 Å². The van der Waals surface area contributed by atoms with Crippen molar-refractivity contribution in [3.63, 3.8) is 0 Å². The number of rotatable bonds is 7. The van der Waals surface area contributed by atoms with Gasteiger partial charge in [0, 0.05) is 13.5 Å². The fraction of sp³-hybridized carbons (Fsp3) is 0.467. The van der Waals surface area contributed by atoms with Gasteiger partial charge in [-0.15, -0.1) is 0 Å². The van der Waals surface area contributed by atoms with Crippen molar-refractivity contribution in [2.24, 2.45) is 0 Å². The quantitative estimate of drug-likeness (QED) is 0.830. The van der Waals surface area contributed by atoms with Gasteiger partial charge in [-0.3, -0.25) is 4.90 Å². The largest absolute Gasteiger partial charge is 0.491 e. The average molecular weight is 345 g/mol. The molecule has 0 bridgehead atoms. The summed E-state index contributed by atoms with van der Waals surface area (Å²) in [6.07, 6.45) is -5.20. The molecule has 0 saturated heterocycles. The van der Waals surface area contributed by atoms with Crippen LogP contribution in [0.1, 0.15) is 17.3 Å². The molecule has 0 amide bonds. The molecule has 24 heavy (non-hydrogen) atoms. The van der Waals surface area contributed by atoms with Crippen LogP contribution in [0.2, 0.25) is 0 Å². The first-order chi connectivity index (χ1) is 11.2. The van der Waals surface area contributed by atoms with E-state index in [9.17, 15) is 18.3 Å². The molecule has 0 saturated carbocycles. The van der Waals surface area contributed by atoms with Crippen molar-refractivity contribution in [1.29, 1.82) is 0 Å².